The van der Waals surface area contributed by atoms with E-state index in [1.54, 1.807) is 92.7 Å². The van der Waals surface area contributed by atoms with E-state index in [1.807, 2.05) is 6.07 Å². The molecule has 0 bridgehead atoms. The van der Waals surface area contributed by atoms with Gasteiger partial charge in [0.1, 0.15) is 5.75 Å². The highest BCUT2D eigenvalue weighted by Crippen LogP contribution is 2.27. The molecule has 0 unspecified atom stereocenters. The predicted octanol–water partition coefficient (Wildman–Crippen LogP) is 5.65. The van der Waals surface area contributed by atoms with Crippen molar-refractivity contribution in [3.63, 3.8) is 0 Å². The molecule has 0 radical (unpaired) electrons. The molecule has 0 aliphatic heterocycles. The van der Waals surface area contributed by atoms with Gasteiger partial charge in [0.2, 0.25) is 6.10 Å². The molecular formula is C30H28N2O6S. The van der Waals surface area contributed by atoms with Gasteiger partial charge in [-0.05, 0) is 55.3 Å². The zero-order chi connectivity index (χ0) is 28.0. The number of methoxy groups -OCH3 is 1. The van der Waals surface area contributed by atoms with Gasteiger partial charge in [-0.1, -0.05) is 60.7 Å². The highest BCUT2D eigenvalue weighted by Gasteiger charge is 2.28. The highest BCUT2D eigenvalue weighted by atomic mass is 32.2. The molecule has 4 rings (SSSR count). The van der Waals surface area contributed by atoms with Crippen molar-refractivity contribution < 1.29 is 27.5 Å². The lowest BCUT2D eigenvalue weighted by Crippen LogP contribution is -2.26. The van der Waals surface area contributed by atoms with Crippen LogP contribution in [0.2, 0.25) is 0 Å². The number of para-hydroxylation sites is 1. The zero-order valence-corrected chi connectivity index (χ0v) is 22.5. The smallest absolute Gasteiger partial charge is 0.341 e. The lowest BCUT2D eigenvalue weighted by molar-refractivity contribution is -0.125. The molecule has 0 saturated carbocycles. The van der Waals surface area contributed by atoms with E-state index in [0.29, 0.717) is 22.6 Å². The number of sulfonamides is 1. The number of esters is 1. The Balaban J connectivity index is 1.62. The van der Waals surface area contributed by atoms with E-state index in [9.17, 15) is 18.0 Å². The Bertz CT molecular complexity index is 1600. The molecule has 1 atom stereocenters. The second kappa shape index (κ2) is 11.8. The van der Waals surface area contributed by atoms with Crippen molar-refractivity contribution in [3.05, 3.63) is 119 Å². The van der Waals surface area contributed by atoms with Crippen molar-refractivity contribution in [3.8, 4) is 5.75 Å². The molecule has 9 heteroatoms. The van der Waals surface area contributed by atoms with Crippen molar-refractivity contribution in [2.24, 2.45) is 0 Å². The number of carbonyl (C=O) groups is 2. The van der Waals surface area contributed by atoms with Crippen molar-refractivity contribution in [2.45, 2.75) is 24.8 Å². The number of amides is 1. The van der Waals surface area contributed by atoms with E-state index in [-0.39, 0.29) is 16.1 Å². The summed E-state index contributed by atoms with van der Waals surface area (Å²) in [5.41, 5.74) is 2.23. The Kier molecular flexibility index (Phi) is 8.31. The SMILES string of the molecule is COc1cccc(NC(=O)[C@H](OC(=O)c2ccccc2NS(=O)(=O)c2cc(C)ccc2C)c2ccccc2)c1. The van der Waals surface area contributed by atoms with Crippen molar-refractivity contribution >= 4 is 33.3 Å². The van der Waals surface area contributed by atoms with Crippen LogP contribution in [0.3, 0.4) is 0 Å². The molecule has 4 aromatic carbocycles. The van der Waals surface area contributed by atoms with Gasteiger partial charge in [-0.25, -0.2) is 13.2 Å². The number of carbonyl (C=O) groups excluding carboxylic acids is 2. The van der Waals surface area contributed by atoms with Gasteiger partial charge in [0.15, 0.2) is 0 Å². The number of hydrogen-bond acceptors (Lipinski definition) is 6. The predicted molar refractivity (Wildman–Crippen MR) is 149 cm³/mol. The molecule has 4 aromatic rings. The van der Waals surface area contributed by atoms with Gasteiger partial charge >= 0.3 is 5.97 Å². The van der Waals surface area contributed by atoms with Crippen LogP contribution < -0.4 is 14.8 Å². The van der Waals surface area contributed by atoms with E-state index in [1.165, 1.54) is 19.2 Å². The van der Waals surface area contributed by atoms with E-state index in [2.05, 4.69) is 10.0 Å². The zero-order valence-electron chi connectivity index (χ0n) is 21.7. The first kappa shape index (κ1) is 27.4. The molecule has 200 valence electrons. The summed E-state index contributed by atoms with van der Waals surface area (Å²) in [6, 6.07) is 26.5. The van der Waals surface area contributed by atoms with Crippen LogP contribution in [-0.2, 0) is 19.6 Å². The van der Waals surface area contributed by atoms with Gasteiger partial charge in [0, 0.05) is 17.3 Å². The molecular weight excluding hydrogens is 516 g/mol. The van der Waals surface area contributed by atoms with Crippen LogP contribution in [-0.4, -0.2) is 27.4 Å². The van der Waals surface area contributed by atoms with Crippen molar-refractivity contribution in [2.75, 3.05) is 17.1 Å². The van der Waals surface area contributed by atoms with Crippen LogP contribution in [0.15, 0.2) is 102 Å². The third-order valence-electron chi connectivity index (χ3n) is 5.93. The minimum Gasteiger partial charge on any atom is -0.497 e. The van der Waals surface area contributed by atoms with Gasteiger partial charge in [0.25, 0.3) is 15.9 Å². The summed E-state index contributed by atoms with van der Waals surface area (Å²) in [6.45, 7) is 3.49. The van der Waals surface area contributed by atoms with Gasteiger partial charge in [-0.3, -0.25) is 9.52 Å². The minimum absolute atomic E-state index is 0.0309. The molecule has 0 aliphatic rings. The summed E-state index contributed by atoms with van der Waals surface area (Å²) in [7, 11) is -2.50. The van der Waals surface area contributed by atoms with Gasteiger partial charge in [-0.2, -0.15) is 0 Å². The van der Waals surface area contributed by atoms with Gasteiger partial charge in [0.05, 0.1) is 23.3 Å². The summed E-state index contributed by atoms with van der Waals surface area (Å²) >= 11 is 0. The second-order valence-corrected chi connectivity index (χ2v) is 10.5. The Morgan fingerprint density at radius 1 is 0.821 bits per heavy atom. The van der Waals surface area contributed by atoms with E-state index < -0.39 is 28.0 Å². The maximum Gasteiger partial charge on any atom is 0.341 e. The molecule has 0 aromatic heterocycles. The Morgan fingerprint density at radius 3 is 2.28 bits per heavy atom. The first-order valence-corrected chi connectivity index (χ1v) is 13.6. The highest BCUT2D eigenvalue weighted by molar-refractivity contribution is 7.92. The number of aryl methyl sites for hydroxylation is 2. The number of rotatable bonds is 9. The minimum atomic E-state index is -4.02. The monoisotopic (exact) mass is 544 g/mol. The fourth-order valence-electron chi connectivity index (χ4n) is 3.93. The number of anilines is 2. The van der Waals surface area contributed by atoms with E-state index in [4.69, 9.17) is 9.47 Å². The summed E-state index contributed by atoms with van der Waals surface area (Å²) in [5.74, 6) is -0.911. The van der Waals surface area contributed by atoms with Crippen LogP contribution >= 0.6 is 0 Å². The molecule has 0 spiro atoms. The summed E-state index contributed by atoms with van der Waals surface area (Å²) < 4.78 is 39.9. The Hall–Kier alpha value is -4.63. The average molecular weight is 545 g/mol. The number of benzene rings is 4. The molecule has 0 fully saturated rings. The molecule has 0 heterocycles. The van der Waals surface area contributed by atoms with Crippen LogP contribution in [0.1, 0.15) is 33.2 Å². The number of nitrogens with one attached hydrogen (secondary N) is 2. The number of hydrogen-bond donors (Lipinski definition) is 2. The maximum absolute atomic E-state index is 13.4. The first-order valence-electron chi connectivity index (χ1n) is 12.1. The summed E-state index contributed by atoms with van der Waals surface area (Å²) in [6.07, 6.45) is -1.31. The standard InChI is InChI=1S/C30H28N2O6S/c1-20-16-17-21(2)27(18-20)39(35,36)32-26-15-8-7-14-25(26)30(34)38-28(22-10-5-4-6-11-22)29(33)31-23-12-9-13-24(19-23)37-3/h4-19,28,32H,1-3H3,(H,31,33)/t28-/m1/s1. The summed E-state index contributed by atoms with van der Waals surface area (Å²) in [4.78, 5) is 26.8. The summed E-state index contributed by atoms with van der Waals surface area (Å²) in [5, 5.41) is 2.75. The second-order valence-electron chi connectivity index (χ2n) is 8.84. The van der Waals surface area contributed by atoms with Crippen LogP contribution in [0.25, 0.3) is 0 Å². The largest absolute Gasteiger partial charge is 0.497 e. The molecule has 0 aliphatic carbocycles. The maximum atomic E-state index is 13.4. The fourth-order valence-corrected chi connectivity index (χ4v) is 5.34. The normalized spacial score (nSPS) is 11.8. The fraction of sp³-hybridized carbons (Fsp3) is 0.133. The first-order chi connectivity index (χ1) is 18.7. The van der Waals surface area contributed by atoms with Gasteiger partial charge < -0.3 is 14.8 Å². The van der Waals surface area contributed by atoms with Crippen LogP contribution in [0.4, 0.5) is 11.4 Å². The molecule has 39 heavy (non-hydrogen) atoms. The Labute approximate surface area is 227 Å². The van der Waals surface area contributed by atoms with Crippen molar-refractivity contribution in [1.82, 2.24) is 0 Å². The third kappa shape index (κ3) is 6.63. The molecule has 1 amide bonds. The van der Waals surface area contributed by atoms with Crippen LogP contribution in [0, 0.1) is 13.8 Å². The molecule has 2 N–H and O–H groups in total. The quantitative estimate of drug-likeness (QED) is 0.264. The van der Waals surface area contributed by atoms with Crippen LogP contribution in [0.5, 0.6) is 5.75 Å². The Morgan fingerprint density at radius 2 is 1.54 bits per heavy atom. The lowest BCUT2D eigenvalue weighted by Gasteiger charge is -2.20. The van der Waals surface area contributed by atoms with E-state index in [0.717, 1.165) is 5.56 Å². The van der Waals surface area contributed by atoms with Crippen molar-refractivity contribution in [1.29, 1.82) is 0 Å². The molecule has 0 saturated heterocycles. The lowest BCUT2D eigenvalue weighted by atomic mass is 10.1. The van der Waals surface area contributed by atoms with Gasteiger partial charge in [-0.15, -0.1) is 0 Å². The van der Waals surface area contributed by atoms with E-state index >= 15 is 0 Å². The number of ether oxygens (including phenoxy) is 2. The molecule has 8 nitrogen and oxygen atoms in total. The third-order valence-corrected chi connectivity index (χ3v) is 7.43. The average Bonchev–Trinajstić information content (AvgIpc) is 2.93. The topological polar surface area (TPSA) is 111 Å².